The minimum atomic E-state index is -4.47. The summed E-state index contributed by atoms with van der Waals surface area (Å²) in [6.45, 7) is 0.576. The highest BCUT2D eigenvalue weighted by Crippen LogP contribution is 2.18. The Morgan fingerprint density at radius 1 is 1.40 bits per heavy atom. The summed E-state index contributed by atoms with van der Waals surface area (Å²) in [5.74, 6) is -1.35. The molecule has 0 heterocycles. The standard InChI is InChI=1S/C8H14F3NO3/c1-5(6(2)13)12(3-7(14)15)4-8(9,10)11/h5-6,13H,3-4H2,1-2H3,(H,14,15). The maximum absolute atomic E-state index is 12.1. The third kappa shape index (κ3) is 6.29. The average Bonchev–Trinajstić information content (AvgIpc) is 1.97. The third-order valence-electron chi connectivity index (χ3n) is 1.99. The van der Waals surface area contributed by atoms with E-state index in [0.29, 0.717) is 4.90 Å². The number of alkyl halides is 3. The van der Waals surface area contributed by atoms with Gasteiger partial charge in [-0.15, -0.1) is 0 Å². The first-order chi connectivity index (χ1) is 6.63. The summed E-state index contributed by atoms with van der Waals surface area (Å²) in [6.07, 6.45) is -5.50. The van der Waals surface area contributed by atoms with Crippen LogP contribution in [0.15, 0.2) is 0 Å². The van der Waals surface area contributed by atoms with Gasteiger partial charge < -0.3 is 10.2 Å². The van der Waals surface area contributed by atoms with Crippen LogP contribution in [-0.2, 0) is 4.79 Å². The van der Waals surface area contributed by atoms with Gasteiger partial charge in [0.15, 0.2) is 0 Å². The first-order valence-electron chi connectivity index (χ1n) is 4.34. The topological polar surface area (TPSA) is 60.8 Å². The molecule has 0 spiro atoms. The van der Waals surface area contributed by atoms with Crippen LogP contribution in [0.1, 0.15) is 13.8 Å². The van der Waals surface area contributed by atoms with Gasteiger partial charge in [0.05, 0.1) is 19.2 Å². The van der Waals surface area contributed by atoms with Crippen LogP contribution in [0.2, 0.25) is 0 Å². The number of aliphatic hydroxyl groups excluding tert-OH is 1. The maximum atomic E-state index is 12.1. The Balaban J connectivity index is 4.51. The van der Waals surface area contributed by atoms with Crippen molar-refractivity contribution in [3.05, 3.63) is 0 Å². The molecule has 2 atom stereocenters. The zero-order valence-corrected chi connectivity index (χ0v) is 8.45. The van der Waals surface area contributed by atoms with Crippen molar-refractivity contribution in [1.29, 1.82) is 0 Å². The molecule has 0 saturated heterocycles. The van der Waals surface area contributed by atoms with E-state index in [9.17, 15) is 18.0 Å². The van der Waals surface area contributed by atoms with E-state index >= 15 is 0 Å². The molecule has 0 aliphatic rings. The van der Waals surface area contributed by atoms with Gasteiger partial charge in [0.25, 0.3) is 0 Å². The molecule has 15 heavy (non-hydrogen) atoms. The molecule has 0 rings (SSSR count). The van der Waals surface area contributed by atoms with Gasteiger partial charge in [0, 0.05) is 6.04 Å². The maximum Gasteiger partial charge on any atom is 0.401 e. The minimum absolute atomic E-state index is 0.674. The van der Waals surface area contributed by atoms with Gasteiger partial charge in [-0.2, -0.15) is 13.2 Å². The molecule has 0 fully saturated rings. The first-order valence-corrected chi connectivity index (χ1v) is 4.34. The Morgan fingerprint density at radius 2 is 1.87 bits per heavy atom. The molecule has 0 aromatic carbocycles. The lowest BCUT2D eigenvalue weighted by molar-refractivity contribution is -0.160. The molecule has 0 saturated carbocycles. The molecule has 0 radical (unpaired) electrons. The Labute approximate surface area is 85.3 Å². The van der Waals surface area contributed by atoms with Gasteiger partial charge in [-0.3, -0.25) is 9.69 Å². The number of carboxylic acids is 1. The number of halogens is 3. The summed E-state index contributed by atoms with van der Waals surface area (Å²) < 4.78 is 36.2. The Hall–Kier alpha value is -0.820. The quantitative estimate of drug-likeness (QED) is 0.728. The number of rotatable bonds is 5. The molecule has 2 N–H and O–H groups in total. The number of hydrogen-bond donors (Lipinski definition) is 2. The highest BCUT2D eigenvalue weighted by Gasteiger charge is 2.34. The van der Waals surface area contributed by atoms with Crippen LogP contribution < -0.4 is 0 Å². The van der Waals surface area contributed by atoms with Crippen LogP contribution in [0.25, 0.3) is 0 Å². The number of carbonyl (C=O) groups is 1. The van der Waals surface area contributed by atoms with Gasteiger partial charge in [0.1, 0.15) is 0 Å². The number of aliphatic hydroxyl groups is 1. The second-order valence-electron chi connectivity index (χ2n) is 3.40. The molecule has 0 aromatic rings. The van der Waals surface area contributed by atoms with Crippen molar-refractivity contribution in [1.82, 2.24) is 4.90 Å². The minimum Gasteiger partial charge on any atom is -0.480 e. The fraction of sp³-hybridized carbons (Fsp3) is 0.875. The van der Waals surface area contributed by atoms with Crippen molar-refractivity contribution in [3.63, 3.8) is 0 Å². The molecular weight excluding hydrogens is 215 g/mol. The van der Waals surface area contributed by atoms with E-state index in [1.165, 1.54) is 13.8 Å². The lowest BCUT2D eigenvalue weighted by Gasteiger charge is -2.30. The van der Waals surface area contributed by atoms with Crippen LogP contribution in [0.3, 0.4) is 0 Å². The second-order valence-corrected chi connectivity index (χ2v) is 3.40. The number of aliphatic carboxylic acids is 1. The van der Waals surface area contributed by atoms with Crippen LogP contribution in [0, 0.1) is 0 Å². The fourth-order valence-corrected chi connectivity index (χ4v) is 1.05. The van der Waals surface area contributed by atoms with E-state index in [4.69, 9.17) is 10.2 Å². The summed E-state index contributed by atoms with van der Waals surface area (Å²) in [5, 5.41) is 17.5. The van der Waals surface area contributed by atoms with Gasteiger partial charge in [-0.25, -0.2) is 0 Å². The average molecular weight is 229 g/mol. The highest BCUT2D eigenvalue weighted by atomic mass is 19.4. The number of carboxylic acid groups (broad SMARTS) is 1. The highest BCUT2D eigenvalue weighted by molar-refractivity contribution is 5.69. The predicted molar refractivity (Wildman–Crippen MR) is 46.4 cm³/mol. The van der Waals surface area contributed by atoms with E-state index in [-0.39, 0.29) is 0 Å². The van der Waals surface area contributed by atoms with E-state index in [2.05, 4.69) is 0 Å². The van der Waals surface area contributed by atoms with Gasteiger partial charge in [-0.1, -0.05) is 0 Å². The molecule has 4 nitrogen and oxygen atoms in total. The van der Waals surface area contributed by atoms with Gasteiger partial charge >= 0.3 is 12.1 Å². The zero-order valence-electron chi connectivity index (χ0n) is 8.45. The lowest BCUT2D eigenvalue weighted by Crippen LogP contribution is -2.47. The van der Waals surface area contributed by atoms with Crippen molar-refractivity contribution in [2.45, 2.75) is 32.2 Å². The first kappa shape index (κ1) is 14.2. The zero-order chi connectivity index (χ0) is 12.2. The van der Waals surface area contributed by atoms with Gasteiger partial charge in [0.2, 0.25) is 0 Å². The van der Waals surface area contributed by atoms with E-state index < -0.39 is 37.4 Å². The molecular formula is C8H14F3NO3. The van der Waals surface area contributed by atoms with Crippen molar-refractivity contribution in [3.8, 4) is 0 Å². The summed E-state index contributed by atoms with van der Waals surface area (Å²) in [5.41, 5.74) is 0. The number of hydrogen-bond acceptors (Lipinski definition) is 3. The normalized spacial score (nSPS) is 16.5. The van der Waals surface area contributed by atoms with Crippen molar-refractivity contribution in [2.75, 3.05) is 13.1 Å². The molecule has 90 valence electrons. The second kappa shape index (κ2) is 5.32. The Bertz CT molecular complexity index is 218. The molecule has 0 aromatic heterocycles. The van der Waals surface area contributed by atoms with Crippen LogP contribution in [0.5, 0.6) is 0 Å². The Morgan fingerprint density at radius 3 is 2.13 bits per heavy atom. The third-order valence-corrected chi connectivity index (χ3v) is 1.99. The SMILES string of the molecule is CC(O)C(C)N(CC(=O)O)CC(F)(F)F. The van der Waals surface area contributed by atoms with Crippen LogP contribution >= 0.6 is 0 Å². The molecule has 0 amide bonds. The Kier molecular flexibility index (Phi) is 5.02. The lowest BCUT2D eigenvalue weighted by atomic mass is 10.2. The smallest absolute Gasteiger partial charge is 0.401 e. The van der Waals surface area contributed by atoms with Crippen LogP contribution in [0.4, 0.5) is 13.2 Å². The van der Waals surface area contributed by atoms with E-state index in [0.717, 1.165) is 0 Å². The van der Waals surface area contributed by atoms with E-state index in [1.54, 1.807) is 0 Å². The molecule has 7 heteroatoms. The summed E-state index contributed by atoms with van der Waals surface area (Å²) in [6, 6.07) is -0.859. The van der Waals surface area contributed by atoms with Crippen molar-refractivity contribution >= 4 is 5.97 Å². The monoisotopic (exact) mass is 229 g/mol. The summed E-state index contributed by atoms with van der Waals surface area (Å²) >= 11 is 0. The number of nitrogens with zero attached hydrogens (tertiary/aromatic N) is 1. The van der Waals surface area contributed by atoms with Crippen LogP contribution in [-0.4, -0.2) is 52.5 Å². The largest absolute Gasteiger partial charge is 0.480 e. The summed E-state index contributed by atoms with van der Waals surface area (Å²) in [7, 11) is 0. The summed E-state index contributed by atoms with van der Waals surface area (Å²) in [4.78, 5) is 11.0. The molecule has 2 unspecified atom stereocenters. The van der Waals surface area contributed by atoms with Gasteiger partial charge in [-0.05, 0) is 13.8 Å². The molecule has 0 aliphatic carbocycles. The van der Waals surface area contributed by atoms with Crippen molar-refractivity contribution in [2.24, 2.45) is 0 Å². The fourth-order valence-electron chi connectivity index (χ4n) is 1.05. The van der Waals surface area contributed by atoms with E-state index in [1.807, 2.05) is 0 Å². The predicted octanol–water partition coefficient (Wildman–Crippen LogP) is 0.705. The van der Waals surface area contributed by atoms with Crippen molar-refractivity contribution < 1.29 is 28.2 Å². The molecule has 0 aliphatic heterocycles. The molecule has 0 bridgehead atoms.